The van der Waals surface area contributed by atoms with Crippen LogP contribution in [-0.2, 0) is 22.3 Å². The van der Waals surface area contributed by atoms with Gasteiger partial charge in [-0.1, -0.05) is 0 Å². The quantitative estimate of drug-likeness (QED) is 0.853. The van der Waals surface area contributed by atoms with Gasteiger partial charge in [0.1, 0.15) is 0 Å². The topological polar surface area (TPSA) is 62.3 Å². The largest absolute Gasteiger partial charge is 0.416 e. The number of alkyl halides is 3. The van der Waals surface area contributed by atoms with Gasteiger partial charge < -0.3 is 10.2 Å². The number of anilines is 1. The highest BCUT2D eigenvalue weighted by atomic mass is 19.4. The van der Waals surface area contributed by atoms with Crippen LogP contribution in [0.15, 0.2) is 48.8 Å². The van der Waals surface area contributed by atoms with Gasteiger partial charge in [-0.3, -0.25) is 14.6 Å². The molecule has 0 saturated heterocycles. The van der Waals surface area contributed by atoms with E-state index < -0.39 is 11.7 Å². The summed E-state index contributed by atoms with van der Waals surface area (Å²) in [6.45, 7) is 1.96. The first-order chi connectivity index (χ1) is 12.3. The van der Waals surface area contributed by atoms with Crippen molar-refractivity contribution < 1.29 is 22.8 Å². The summed E-state index contributed by atoms with van der Waals surface area (Å²) in [6, 6.07) is 7.75. The summed E-state index contributed by atoms with van der Waals surface area (Å²) in [5, 5.41) is 2.52. The van der Waals surface area contributed by atoms with Crippen LogP contribution in [0.2, 0.25) is 0 Å². The molecule has 1 aromatic heterocycles. The summed E-state index contributed by atoms with van der Waals surface area (Å²) in [6.07, 6.45) is -1.15. The molecule has 1 N–H and O–H groups in total. The van der Waals surface area contributed by atoms with Gasteiger partial charge in [-0.05, 0) is 42.0 Å². The van der Waals surface area contributed by atoms with Gasteiger partial charge >= 0.3 is 6.18 Å². The molecule has 0 aliphatic heterocycles. The lowest BCUT2D eigenvalue weighted by molar-refractivity contribution is -0.137. The van der Waals surface area contributed by atoms with E-state index in [0.717, 1.165) is 17.7 Å². The van der Waals surface area contributed by atoms with E-state index in [9.17, 15) is 22.8 Å². The zero-order valence-corrected chi connectivity index (χ0v) is 14.1. The van der Waals surface area contributed by atoms with Gasteiger partial charge in [0.15, 0.2) is 0 Å². The van der Waals surface area contributed by atoms with Crippen molar-refractivity contribution in [3.8, 4) is 0 Å². The Kier molecular flexibility index (Phi) is 6.32. The van der Waals surface area contributed by atoms with Crippen molar-refractivity contribution in [1.82, 2.24) is 9.88 Å². The third-order valence-electron chi connectivity index (χ3n) is 3.67. The molecule has 2 amide bonds. The number of nitrogens with zero attached hydrogens (tertiary/aromatic N) is 2. The van der Waals surface area contributed by atoms with Gasteiger partial charge in [0.05, 0.1) is 5.56 Å². The Bertz CT molecular complexity index is 747. The van der Waals surface area contributed by atoms with Gasteiger partial charge in [0.25, 0.3) is 0 Å². The highest BCUT2D eigenvalue weighted by Crippen LogP contribution is 2.29. The molecule has 138 valence electrons. The second kappa shape index (κ2) is 8.46. The van der Waals surface area contributed by atoms with E-state index >= 15 is 0 Å². The fraction of sp³-hybridized carbons (Fsp3) is 0.278. The molecule has 0 unspecified atom stereocenters. The fourth-order valence-electron chi connectivity index (χ4n) is 2.26. The Morgan fingerprint density at radius 1 is 1.08 bits per heavy atom. The number of hydrogen-bond donors (Lipinski definition) is 1. The number of nitrogens with one attached hydrogen (secondary N) is 1. The van der Waals surface area contributed by atoms with Gasteiger partial charge in [-0.25, -0.2) is 0 Å². The first-order valence-electron chi connectivity index (χ1n) is 7.87. The van der Waals surface area contributed by atoms with Gasteiger partial charge in [-0.2, -0.15) is 13.2 Å². The summed E-state index contributed by atoms with van der Waals surface area (Å²) in [5.41, 5.74) is 0.375. The van der Waals surface area contributed by atoms with E-state index in [1.54, 1.807) is 24.5 Å². The van der Waals surface area contributed by atoms with Crippen LogP contribution in [0.4, 0.5) is 18.9 Å². The molecule has 0 radical (unpaired) electrons. The second-order valence-corrected chi connectivity index (χ2v) is 5.67. The van der Waals surface area contributed by atoms with Crippen molar-refractivity contribution in [3.63, 3.8) is 0 Å². The minimum atomic E-state index is -4.42. The third kappa shape index (κ3) is 5.87. The predicted octanol–water partition coefficient (Wildman–Crippen LogP) is 3.48. The Morgan fingerprint density at radius 2 is 1.69 bits per heavy atom. The highest BCUT2D eigenvalue weighted by molar-refractivity contribution is 5.91. The number of carbonyl (C=O) groups is 2. The van der Waals surface area contributed by atoms with Crippen molar-refractivity contribution in [2.24, 2.45) is 0 Å². The standard InChI is InChI=1S/C18H18F3N3O2/c1-13(25)24(12-14-6-9-22-10-7-14)11-8-17(26)23-16-4-2-15(3-5-16)18(19,20)21/h2-7,9-10H,8,11-12H2,1H3,(H,23,26). The molecular weight excluding hydrogens is 347 g/mol. The van der Waals surface area contributed by atoms with Gasteiger partial charge in [0.2, 0.25) is 11.8 Å². The first-order valence-corrected chi connectivity index (χ1v) is 7.87. The summed E-state index contributed by atoms with van der Waals surface area (Å²) >= 11 is 0. The van der Waals surface area contributed by atoms with E-state index in [1.807, 2.05) is 0 Å². The molecule has 0 atom stereocenters. The number of amides is 2. The maximum absolute atomic E-state index is 12.5. The Morgan fingerprint density at radius 3 is 2.23 bits per heavy atom. The molecule has 1 heterocycles. The molecule has 0 spiro atoms. The van der Waals surface area contributed by atoms with Crippen molar-refractivity contribution >= 4 is 17.5 Å². The van der Waals surface area contributed by atoms with E-state index in [0.29, 0.717) is 6.54 Å². The van der Waals surface area contributed by atoms with Crippen LogP contribution in [0.5, 0.6) is 0 Å². The van der Waals surface area contributed by atoms with Crippen molar-refractivity contribution in [3.05, 3.63) is 59.9 Å². The maximum Gasteiger partial charge on any atom is 0.416 e. The molecule has 0 aliphatic rings. The first kappa shape index (κ1) is 19.4. The normalized spacial score (nSPS) is 11.1. The average Bonchev–Trinajstić information content (AvgIpc) is 2.59. The Labute approximate surface area is 148 Å². The molecule has 8 heteroatoms. The molecular formula is C18H18F3N3O2. The molecule has 0 aliphatic carbocycles. The van der Waals surface area contributed by atoms with Crippen LogP contribution >= 0.6 is 0 Å². The summed E-state index contributed by atoms with van der Waals surface area (Å²) in [4.78, 5) is 29.1. The third-order valence-corrected chi connectivity index (χ3v) is 3.67. The minimum Gasteiger partial charge on any atom is -0.338 e. The zero-order valence-electron chi connectivity index (χ0n) is 14.1. The molecule has 26 heavy (non-hydrogen) atoms. The molecule has 0 fully saturated rings. The second-order valence-electron chi connectivity index (χ2n) is 5.67. The van der Waals surface area contributed by atoms with Crippen molar-refractivity contribution in [2.75, 3.05) is 11.9 Å². The van der Waals surface area contributed by atoms with Crippen LogP contribution < -0.4 is 5.32 Å². The number of pyridine rings is 1. The number of benzene rings is 1. The number of aromatic nitrogens is 1. The Hall–Kier alpha value is -2.90. The summed E-state index contributed by atoms with van der Waals surface area (Å²) < 4.78 is 37.6. The highest BCUT2D eigenvalue weighted by Gasteiger charge is 2.29. The molecule has 2 aromatic rings. The molecule has 5 nitrogen and oxygen atoms in total. The lowest BCUT2D eigenvalue weighted by Crippen LogP contribution is -2.31. The van der Waals surface area contributed by atoms with Crippen LogP contribution in [0.3, 0.4) is 0 Å². The molecule has 0 saturated carbocycles. The van der Waals surface area contributed by atoms with Gasteiger partial charge in [-0.15, -0.1) is 0 Å². The van der Waals surface area contributed by atoms with E-state index in [1.165, 1.54) is 24.0 Å². The lowest BCUT2D eigenvalue weighted by Gasteiger charge is -2.21. The maximum atomic E-state index is 12.5. The molecule has 1 aromatic carbocycles. The van der Waals surface area contributed by atoms with E-state index in [-0.39, 0.29) is 30.5 Å². The smallest absolute Gasteiger partial charge is 0.338 e. The number of hydrogen-bond acceptors (Lipinski definition) is 3. The zero-order chi connectivity index (χ0) is 19.2. The molecule has 2 rings (SSSR count). The van der Waals surface area contributed by atoms with Crippen LogP contribution in [0.1, 0.15) is 24.5 Å². The van der Waals surface area contributed by atoms with Crippen LogP contribution in [-0.4, -0.2) is 28.2 Å². The summed E-state index contributed by atoms with van der Waals surface area (Å²) in [5.74, 6) is -0.560. The number of carbonyl (C=O) groups excluding carboxylic acids is 2. The van der Waals surface area contributed by atoms with Gasteiger partial charge in [0, 0.05) is 44.5 Å². The van der Waals surface area contributed by atoms with Crippen molar-refractivity contribution in [1.29, 1.82) is 0 Å². The fourth-order valence-corrected chi connectivity index (χ4v) is 2.26. The van der Waals surface area contributed by atoms with E-state index in [2.05, 4.69) is 10.3 Å². The van der Waals surface area contributed by atoms with Crippen molar-refractivity contribution in [2.45, 2.75) is 26.1 Å². The predicted molar refractivity (Wildman–Crippen MR) is 90.0 cm³/mol. The number of rotatable bonds is 6. The average molecular weight is 365 g/mol. The van der Waals surface area contributed by atoms with Crippen LogP contribution in [0.25, 0.3) is 0 Å². The SMILES string of the molecule is CC(=O)N(CCC(=O)Nc1ccc(C(F)(F)F)cc1)Cc1ccncc1. The number of halogens is 3. The van der Waals surface area contributed by atoms with E-state index in [4.69, 9.17) is 0 Å². The minimum absolute atomic E-state index is 0.0334. The summed E-state index contributed by atoms with van der Waals surface area (Å²) in [7, 11) is 0. The Balaban J connectivity index is 1.89. The lowest BCUT2D eigenvalue weighted by atomic mass is 10.2. The monoisotopic (exact) mass is 365 g/mol. The van der Waals surface area contributed by atoms with Crippen LogP contribution in [0, 0.1) is 0 Å². The molecule has 0 bridgehead atoms.